The monoisotopic (exact) mass is 965 g/mol. The van der Waals surface area contributed by atoms with Crippen molar-refractivity contribution in [2.45, 2.75) is 49.0 Å². The zero-order valence-corrected chi connectivity index (χ0v) is 39.7. The second-order valence-electron chi connectivity index (χ2n) is 18.2. The lowest BCUT2D eigenvalue weighted by Gasteiger charge is -2.46. The molecular weight excluding hydrogens is 911 g/mol. The molecule has 366 valence electrons. The van der Waals surface area contributed by atoms with Crippen LogP contribution in [-0.2, 0) is 29.3 Å². The molecule has 4 aliphatic heterocycles. The van der Waals surface area contributed by atoms with Crippen molar-refractivity contribution in [3.8, 4) is 17.6 Å². The average Bonchev–Trinajstić information content (AvgIpc) is 3.88. The summed E-state index contributed by atoms with van der Waals surface area (Å²) in [5.74, 6) is 2.66. The lowest BCUT2D eigenvalue weighted by Crippen LogP contribution is -2.55. The highest BCUT2D eigenvalue weighted by atomic mass is 16.6. The number of hydrogen-bond donors (Lipinski definition) is 4. The zero-order chi connectivity index (χ0) is 49.8. The number of para-hydroxylation sites is 1. The van der Waals surface area contributed by atoms with E-state index in [0.29, 0.717) is 54.4 Å². The minimum atomic E-state index is -2.10. The molecule has 14 nitrogen and oxygen atoms in total. The summed E-state index contributed by atoms with van der Waals surface area (Å²) >= 11 is 0. The Kier molecular flexibility index (Phi) is 13.9. The molecule has 3 fully saturated rings. The van der Waals surface area contributed by atoms with Crippen LogP contribution in [0.4, 0.5) is 21.9 Å². The first kappa shape index (κ1) is 47.9. The van der Waals surface area contributed by atoms with Crippen molar-refractivity contribution in [3.63, 3.8) is 0 Å². The number of nitrogens with one attached hydrogen (secondary N) is 2. The molecule has 7 atom stereocenters. The molecule has 1 spiro atoms. The maximum absolute atomic E-state index is 16.8. The predicted molar refractivity (Wildman–Crippen MR) is 271 cm³/mol. The topological polar surface area (TPSA) is 170 Å². The average molecular weight is 966 g/mol. The molecule has 0 aromatic heterocycles. The molecule has 3 saturated heterocycles. The van der Waals surface area contributed by atoms with Crippen molar-refractivity contribution in [2.24, 2.45) is 5.92 Å². The van der Waals surface area contributed by atoms with Crippen LogP contribution < -0.4 is 25.2 Å². The van der Waals surface area contributed by atoms with Crippen molar-refractivity contribution in [1.29, 1.82) is 0 Å². The second kappa shape index (κ2) is 20.9. The molecule has 4 heterocycles. The number of morpholine rings is 2. The fraction of sp³-hybridized carbons (Fsp3) is 0.276. The number of anilines is 3. The van der Waals surface area contributed by atoms with Gasteiger partial charge in [-0.2, -0.15) is 0 Å². The van der Waals surface area contributed by atoms with Crippen LogP contribution in [0.15, 0.2) is 158 Å². The predicted octanol–water partition coefficient (Wildman–Crippen LogP) is 7.40. The van der Waals surface area contributed by atoms with E-state index in [2.05, 4.69) is 27.4 Å². The SMILES string of the molecule is C[C@@H](NC(=O)N1C(=O)[C@@]2(c3cc(C#CCCO)ccc31)[C@H](c1ccccc1OCCO)N1[C@H](c3ccccc3)[C@H](c3ccccc3)OC(=O)[C@H]1[C@@H]2C(=O)Nc1ccc(N2CCOCC2)cc1)c1ccccc1. The van der Waals surface area contributed by atoms with E-state index in [0.717, 1.165) is 21.7 Å². The molecule has 0 saturated carbocycles. The number of aliphatic hydroxyl groups is 2. The van der Waals surface area contributed by atoms with E-state index in [4.69, 9.17) is 14.2 Å². The Hall–Kier alpha value is -7.80. The van der Waals surface area contributed by atoms with Gasteiger partial charge in [-0.3, -0.25) is 19.3 Å². The minimum Gasteiger partial charge on any atom is -0.491 e. The summed E-state index contributed by atoms with van der Waals surface area (Å²) in [6.07, 6.45) is -0.781. The molecule has 10 rings (SSSR count). The van der Waals surface area contributed by atoms with Crippen molar-refractivity contribution in [2.75, 3.05) is 61.2 Å². The van der Waals surface area contributed by atoms with Crippen molar-refractivity contribution >= 4 is 40.9 Å². The Morgan fingerprint density at radius 3 is 2.15 bits per heavy atom. The van der Waals surface area contributed by atoms with E-state index in [1.54, 1.807) is 54.6 Å². The number of nitrogens with zero attached hydrogens (tertiary/aromatic N) is 3. The second-order valence-corrected chi connectivity index (χ2v) is 18.2. The Morgan fingerprint density at radius 2 is 1.46 bits per heavy atom. The van der Waals surface area contributed by atoms with E-state index >= 15 is 19.2 Å². The molecule has 0 aliphatic carbocycles. The molecule has 0 unspecified atom stereocenters. The number of rotatable bonds is 12. The van der Waals surface area contributed by atoms with Crippen LogP contribution in [0.25, 0.3) is 0 Å². The van der Waals surface area contributed by atoms with E-state index < -0.39 is 65.4 Å². The Balaban J connectivity index is 1.24. The number of cyclic esters (lactones) is 1. The number of urea groups is 1. The normalized spacial score (nSPS) is 22.8. The van der Waals surface area contributed by atoms with E-state index in [1.165, 1.54) is 0 Å². The fourth-order valence-electron chi connectivity index (χ4n) is 11.0. The van der Waals surface area contributed by atoms with Crippen LogP contribution in [0.5, 0.6) is 5.75 Å². The summed E-state index contributed by atoms with van der Waals surface area (Å²) in [5.41, 5.74) is 2.82. The van der Waals surface area contributed by atoms with Crippen LogP contribution >= 0.6 is 0 Å². The van der Waals surface area contributed by atoms with Gasteiger partial charge in [0.25, 0.3) is 0 Å². The van der Waals surface area contributed by atoms with Gasteiger partial charge in [-0.1, -0.05) is 121 Å². The van der Waals surface area contributed by atoms with E-state index in [-0.39, 0.29) is 37.5 Å². The largest absolute Gasteiger partial charge is 0.491 e. The minimum absolute atomic E-state index is 0.109. The van der Waals surface area contributed by atoms with Gasteiger partial charge in [-0.25, -0.2) is 9.69 Å². The number of hydrogen-bond acceptors (Lipinski definition) is 11. The van der Waals surface area contributed by atoms with Gasteiger partial charge in [0, 0.05) is 42.0 Å². The highest BCUT2D eigenvalue weighted by molar-refractivity contribution is 6.25. The molecular formula is C58H55N5O9. The summed E-state index contributed by atoms with van der Waals surface area (Å²) in [4.78, 5) is 68.9. The Labute approximate surface area is 418 Å². The van der Waals surface area contributed by atoms with Crippen LogP contribution in [0, 0.1) is 17.8 Å². The van der Waals surface area contributed by atoms with Gasteiger partial charge in [0.2, 0.25) is 11.8 Å². The number of fused-ring (bicyclic) bond motifs is 3. The standard InChI is InChI=1S/C58H55N5O9/c1-38(40-16-5-2-6-17-40)59-57(69)62-47-29-24-39(15-13-14-32-64)37-46(47)58(56(62)68)49(54(66)60-43-25-27-44(28-26-43)61-30-34-70-35-31-61)51-55(67)72-52(42-20-9-4-10-21-42)50(41-18-7-3-8-19-41)63(51)53(58)45-22-11-12-23-48(45)71-36-33-65/h2-12,16-29,37-38,49-53,64-65H,14,30-36H2,1H3,(H,59,69)(H,60,66)/t38-,49-,50-,51-,52+,53+,58-/m1/s1. The van der Waals surface area contributed by atoms with Gasteiger partial charge in [-0.05, 0) is 77.7 Å². The van der Waals surface area contributed by atoms with E-state index in [1.807, 2.05) is 115 Å². The number of carbonyl (C=O) groups excluding carboxylic acids is 4. The molecule has 6 aromatic carbocycles. The summed E-state index contributed by atoms with van der Waals surface area (Å²) in [7, 11) is 0. The first-order valence-electron chi connectivity index (χ1n) is 24.3. The van der Waals surface area contributed by atoms with Gasteiger partial charge in [0.15, 0.2) is 0 Å². The number of benzene rings is 6. The molecule has 14 heteroatoms. The summed E-state index contributed by atoms with van der Waals surface area (Å²) in [6, 6.07) is 43.0. The highest BCUT2D eigenvalue weighted by Gasteiger charge is 2.76. The number of ether oxygens (including phenoxy) is 3. The number of esters is 1. The molecule has 72 heavy (non-hydrogen) atoms. The third kappa shape index (κ3) is 8.75. The van der Waals surface area contributed by atoms with Crippen molar-refractivity contribution in [3.05, 3.63) is 191 Å². The molecule has 0 radical (unpaired) electrons. The van der Waals surface area contributed by atoms with Gasteiger partial charge in [0.05, 0.1) is 56.2 Å². The summed E-state index contributed by atoms with van der Waals surface area (Å²) in [5, 5.41) is 26.1. The molecule has 4 aliphatic rings. The van der Waals surface area contributed by atoms with Gasteiger partial charge in [0.1, 0.15) is 29.9 Å². The lowest BCUT2D eigenvalue weighted by atomic mass is 9.65. The van der Waals surface area contributed by atoms with Gasteiger partial charge in [-0.15, -0.1) is 0 Å². The summed E-state index contributed by atoms with van der Waals surface area (Å²) in [6.45, 7) is 3.79. The van der Waals surface area contributed by atoms with Crippen LogP contribution in [0.1, 0.15) is 71.0 Å². The smallest absolute Gasteiger partial charge is 0.329 e. The van der Waals surface area contributed by atoms with Crippen LogP contribution in [0.2, 0.25) is 0 Å². The first-order valence-corrected chi connectivity index (χ1v) is 24.3. The summed E-state index contributed by atoms with van der Waals surface area (Å²) < 4.78 is 18.6. The number of aliphatic hydroxyl groups excluding tert-OH is 2. The van der Waals surface area contributed by atoms with Crippen LogP contribution in [0.3, 0.4) is 0 Å². The first-order chi connectivity index (χ1) is 35.2. The lowest BCUT2D eigenvalue weighted by molar-refractivity contribution is -0.177. The molecule has 4 N–H and O–H groups in total. The third-order valence-corrected chi connectivity index (χ3v) is 14.1. The zero-order valence-electron chi connectivity index (χ0n) is 39.7. The van der Waals surface area contributed by atoms with Gasteiger partial charge < -0.3 is 40.0 Å². The molecule has 6 aromatic rings. The van der Waals surface area contributed by atoms with Crippen molar-refractivity contribution in [1.82, 2.24) is 10.2 Å². The van der Waals surface area contributed by atoms with E-state index in [9.17, 15) is 10.2 Å². The maximum atomic E-state index is 16.8. The maximum Gasteiger partial charge on any atom is 0.329 e. The third-order valence-electron chi connectivity index (χ3n) is 14.1. The molecule has 0 bridgehead atoms. The highest BCUT2D eigenvalue weighted by Crippen LogP contribution is 2.66. The number of amides is 4. The number of imide groups is 1. The fourth-order valence-corrected chi connectivity index (χ4v) is 11.0. The molecule has 4 amide bonds. The van der Waals surface area contributed by atoms with Gasteiger partial charge >= 0.3 is 12.0 Å². The van der Waals surface area contributed by atoms with Crippen molar-refractivity contribution < 1.29 is 43.6 Å². The Bertz CT molecular complexity index is 3000. The Morgan fingerprint density at radius 1 is 0.792 bits per heavy atom. The quantitative estimate of drug-likeness (QED) is 0.0712. The number of carbonyl (C=O) groups is 4. The van der Waals surface area contributed by atoms with Crippen LogP contribution in [-0.4, -0.2) is 91.1 Å².